The largest absolute Gasteiger partial charge is 0.314 e. The Bertz CT molecular complexity index is 166. The molecule has 1 rings (SSSR count). The molecule has 0 bridgehead atoms. The van der Waals surface area contributed by atoms with Gasteiger partial charge in [0, 0.05) is 12.4 Å². The molecule has 0 saturated heterocycles. The van der Waals surface area contributed by atoms with E-state index in [2.05, 4.69) is 22.1 Å². The molecule has 1 aromatic rings. The zero-order chi connectivity index (χ0) is 6.53. The maximum Gasteiger partial charge on any atom is 0.0862 e. The first-order valence-corrected chi connectivity index (χ1v) is 2.95. The van der Waals surface area contributed by atoms with Crippen LogP contribution in [0.1, 0.15) is 5.56 Å². The monoisotopic (exact) mass is 141 g/mol. The van der Waals surface area contributed by atoms with E-state index in [4.69, 9.17) is 0 Å². The highest BCUT2D eigenvalue weighted by molar-refractivity contribution is 7.75. The molecule has 0 aliphatic carbocycles. The molecular formula is C6H7NOS. The van der Waals surface area contributed by atoms with Gasteiger partial charge in [0.1, 0.15) is 0 Å². The highest BCUT2D eigenvalue weighted by Crippen LogP contribution is 1.98. The normalized spacial score (nSPS) is 9.44. The van der Waals surface area contributed by atoms with Crippen molar-refractivity contribution in [3.05, 3.63) is 30.1 Å². The van der Waals surface area contributed by atoms with Crippen molar-refractivity contribution in [3.63, 3.8) is 0 Å². The molecule has 0 N–H and O–H groups in total. The lowest BCUT2D eigenvalue weighted by Gasteiger charge is -1.93. The van der Waals surface area contributed by atoms with Gasteiger partial charge in [-0.15, -0.1) is 0 Å². The third kappa shape index (κ3) is 2.03. The van der Waals surface area contributed by atoms with Crippen LogP contribution < -0.4 is 0 Å². The van der Waals surface area contributed by atoms with Crippen LogP contribution >= 0.6 is 12.9 Å². The summed E-state index contributed by atoms with van der Waals surface area (Å²) in [6.45, 7) is 0.533. The molecule has 0 spiro atoms. The molecule has 48 valence electrons. The van der Waals surface area contributed by atoms with Crippen molar-refractivity contribution in [3.8, 4) is 0 Å². The van der Waals surface area contributed by atoms with Gasteiger partial charge in [0.2, 0.25) is 0 Å². The van der Waals surface area contributed by atoms with Gasteiger partial charge in [0.25, 0.3) is 0 Å². The summed E-state index contributed by atoms with van der Waals surface area (Å²) in [5.41, 5.74) is 1.08. The lowest BCUT2D eigenvalue weighted by Crippen LogP contribution is -1.82. The second-order valence-electron chi connectivity index (χ2n) is 1.63. The number of aromatic nitrogens is 1. The fourth-order valence-corrected chi connectivity index (χ4v) is 0.703. The number of hydrogen-bond acceptors (Lipinski definition) is 3. The van der Waals surface area contributed by atoms with Crippen LogP contribution in [0.4, 0.5) is 0 Å². The second kappa shape index (κ2) is 3.48. The first-order valence-electron chi connectivity index (χ1n) is 2.59. The van der Waals surface area contributed by atoms with Crippen LogP contribution in [0, 0.1) is 0 Å². The van der Waals surface area contributed by atoms with Crippen LogP contribution in [0.25, 0.3) is 0 Å². The van der Waals surface area contributed by atoms with Gasteiger partial charge >= 0.3 is 0 Å². The fraction of sp³-hybridized carbons (Fsp3) is 0.167. The summed E-state index contributed by atoms with van der Waals surface area (Å²) in [4.78, 5) is 3.85. The van der Waals surface area contributed by atoms with Crippen LogP contribution in [0.5, 0.6) is 0 Å². The minimum absolute atomic E-state index is 0.533. The molecule has 0 fully saturated rings. The number of rotatable bonds is 2. The van der Waals surface area contributed by atoms with Gasteiger partial charge in [-0.1, -0.05) is 0 Å². The average Bonchev–Trinajstić information content (AvgIpc) is 1.91. The topological polar surface area (TPSA) is 22.1 Å². The van der Waals surface area contributed by atoms with Gasteiger partial charge in [-0.25, -0.2) is 0 Å². The Balaban J connectivity index is 2.61. The molecule has 0 amide bonds. The van der Waals surface area contributed by atoms with Gasteiger partial charge in [0.05, 0.1) is 6.61 Å². The van der Waals surface area contributed by atoms with Crippen LogP contribution in [0.2, 0.25) is 0 Å². The summed E-state index contributed by atoms with van der Waals surface area (Å²) in [5.74, 6) is 0. The molecule has 9 heavy (non-hydrogen) atoms. The van der Waals surface area contributed by atoms with Crippen molar-refractivity contribution in [2.75, 3.05) is 0 Å². The third-order valence-corrected chi connectivity index (χ3v) is 1.11. The molecule has 0 atom stereocenters. The van der Waals surface area contributed by atoms with Gasteiger partial charge in [-0.2, -0.15) is 0 Å². The van der Waals surface area contributed by atoms with Crippen LogP contribution in [0.3, 0.4) is 0 Å². The molecule has 0 aliphatic rings. The Hall–Kier alpha value is -0.540. The number of hydrogen-bond donors (Lipinski definition) is 1. The van der Waals surface area contributed by atoms with Crippen LogP contribution in [-0.4, -0.2) is 4.98 Å². The van der Waals surface area contributed by atoms with Gasteiger partial charge in [-0.3, -0.25) is 4.98 Å². The van der Waals surface area contributed by atoms with E-state index in [1.165, 1.54) is 0 Å². The maximum absolute atomic E-state index is 4.59. The van der Waals surface area contributed by atoms with Crippen molar-refractivity contribution in [1.29, 1.82) is 0 Å². The van der Waals surface area contributed by atoms with Crippen molar-refractivity contribution < 1.29 is 4.18 Å². The summed E-state index contributed by atoms with van der Waals surface area (Å²) in [7, 11) is 0. The minimum Gasteiger partial charge on any atom is -0.314 e. The van der Waals surface area contributed by atoms with E-state index in [1.807, 2.05) is 12.1 Å². The highest BCUT2D eigenvalue weighted by atomic mass is 32.1. The van der Waals surface area contributed by atoms with E-state index >= 15 is 0 Å². The first kappa shape index (κ1) is 6.58. The smallest absolute Gasteiger partial charge is 0.0862 e. The summed E-state index contributed by atoms with van der Waals surface area (Å²) in [6.07, 6.45) is 3.45. The van der Waals surface area contributed by atoms with Crippen molar-refractivity contribution in [2.24, 2.45) is 0 Å². The van der Waals surface area contributed by atoms with Crippen LogP contribution in [-0.2, 0) is 10.8 Å². The predicted octanol–water partition coefficient (Wildman–Crippen LogP) is 1.44. The standard InChI is InChI=1S/C6H7NOS/c9-8-5-6-1-3-7-4-2-6/h1-4,9H,5H2. The molecule has 2 nitrogen and oxygen atoms in total. The average molecular weight is 141 g/mol. The number of pyridine rings is 1. The molecule has 0 unspecified atom stereocenters. The van der Waals surface area contributed by atoms with E-state index in [-0.39, 0.29) is 0 Å². The van der Waals surface area contributed by atoms with Gasteiger partial charge < -0.3 is 4.18 Å². The molecule has 0 aromatic carbocycles. The predicted molar refractivity (Wildman–Crippen MR) is 38.0 cm³/mol. The zero-order valence-corrected chi connectivity index (χ0v) is 5.71. The highest BCUT2D eigenvalue weighted by Gasteiger charge is 1.86. The van der Waals surface area contributed by atoms with E-state index < -0.39 is 0 Å². The Morgan fingerprint density at radius 1 is 1.44 bits per heavy atom. The van der Waals surface area contributed by atoms with Gasteiger partial charge in [0.15, 0.2) is 0 Å². The zero-order valence-electron chi connectivity index (χ0n) is 4.82. The van der Waals surface area contributed by atoms with Crippen molar-refractivity contribution >= 4 is 12.9 Å². The second-order valence-corrected chi connectivity index (χ2v) is 1.89. The molecule has 1 heterocycles. The quantitative estimate of drug-likeness (QED) is 0.497. The van der Waals surface area contributed by atoms with E-state index in [0.717, 1.165) is 5.56 Å². The third-order valence-electron chi connectivity index (χ3n) is 0.981. The van der Waals surface area contributed by atoms with Crippen LogP contribution in [0.15, 0.2) is 24.5 Å². The van der Waals surface area contributed by atoms with E-state index in [9.17, 15) is 0 Å². The summed E-state index contributed by atoms with van der Waals surface area (Å²) in [5, 5.41) is 0. The van der Waals surface area contributed by atoms with Crippen molar-refractivity contribution in [1.82, 2.24) is 4.98 Å². The molecule has 0 saturated carbocycles. The maximum atomic E-state index is 4.59. The summed E-state index contributed by atoms with van der Waals surface area (Å²) in [6, 6.07) is 3.77. The van der Waals surface area contributed by atoms with Crippen molar-refractivity contribution in [2.45, 2.75) is 6.61 Å². The number of nitrogens with zero attached hydrogens (tertiary/aromatic N) is 1. The SMILES string of the molecule is SOCc1ccncc1. The number of thiol groups is 1. The van der Waals surface area contributed by atoms with E-state index in [1.54, 1.807) is 12.4 Å². The summed E-state index contributed by atoms with van der Waals surface area (Å²) >= 11 is 3.61. The fourth-order valence-electron chi connectivity index (χ4n) is 0.554. The Morgan fingerprint density at radius 3 is 2.67 bits per heavy atom. The molecule has 0 aliphatic heterocycles. The van der Waals surface area contributed by atoms with Gasteiger partial charge in [-0.05, 0) is 30.6 Å². The minimum atomic E-state index is 0.533. The molecule has 0 radical (unpaired) electrons. The Labute approximate surface area is 59.5 Å². The summed E-state index contributed by atoms with van der Waals surface area (Å²) < 4.78 is 4.59. The first-order chi connectivity index (χ1) is 4.43. The molecular weight excluding hydrogens is 134 g/mol. The lowest BCUT2D eigenvalue weighted by molar-refractivity contribution is 0.372. The molecule has 3 heteroatoms. The molecule has 1 aromatic heterocycles. The Morgan fingerprint density at radius 2 is 2.11 bits per heavy atom. The van der Waals surface area contributed by atoms with E-state index in [0.29, 0.717) is 6.61 Å². The lowest BCUT2D eigenvalue weighted by atomic mass is 10.3. The Kier molecular flexibility index (Phi) is 2.54.